The number of nitrogens with zero attached hydrogens (tertiary/aromatic N) is 5. The number of halogens is 1. The molecule has 2 atom stereocenters. The molecular formula is C32H34ClN7O2S. The number of anilines is 4. The third-order valence-corrected chi connectivity index (χ3v) is 10.8. The van der Waals surface area contributed by atoms with Crippen molar-refractivity contribution in [2.75, 3.05) is 48.8 Å². The van der Waals surface area contributed by atoms with E-state index in [4.69, 9.17) is 11.6 Å². The Hall–Kier alpha value is -3.73. The number of fused-ring (bicyclic) bond motifs is 5. The molecule has 1 aliphatic heterocycles. The smallest absolute Gasteiger partial charge is 0.274 e. The number of rotatable bonds is 6. The number of carbonyl (C=O) groups is 1. The van der Waals surface area contributed by atoms with Crippen molar-refractivity contribution < 1.29 is 4.79 Å². The Bertz CT molecular complexity index is 1750. The molecule has 1 aromatic carbocycles. The number of hydrogen-bond acceptors (Lipinski definition) is 8. The summed E-state index contributed by atoms with van der Waals surface area (Å²) < 4.78 is 1.51. The molecule has 0 spiro atoms. The molecule has 43 heavy (non-hydrogen) atoms. The summed E-state index contributed by atoms with van der Waals surface area (Å²) in [6, 6.07) is 11.5. The largest absolute Gasteiger partial charge is 0.353 e. The van der Waals surface area contributed by atoms with E-state index in [2.05, 4.69) is 43.7 Å². The molecule has 2 unspecified atom stereocenters. The lowest BCUT2D eigenvalue weighted by molar-refractivity contribution is 0.103. The summed E-state index contributed by atoms with van der Waals surface area (Å²) in [4.78, 5) is 33.1. The third-order valence-electron chi connectivity index (χ3n) is 9.08. The van der Waals surface area contributed by atoms with Gasteiger partial charge in [0, 0.05) is 55.4 Å². The van der Waals surface area contributed by atoms with Crippen molar-refractivity contribution in [3.8, 4) is 11.1 Å². The van der Waals surface area contributed by atoms with Crippen LogP contribution in [0, 0.1) is 6.92 Å². The number of aromatic nitrogens is 3. The molecule has 2 N–H and O–H groups in total. The Morgan fingerprint density at radius 2 is 1.81 bits per heavy atom. The summed E-state index contributed by atoms with van der Waals surface area (Å²) in [5.41, 5.74) is 4.41. The van der Waals surface area contributed by atoms with Crippen molar-refractivity contribution in [1.29, 1.82) is 0 Å². The van der Waals surface area contributed by atoms with Crippen LogP contribution < -0.4 is 21.1 Å². The first-order chi connectivity index (χ1) is 20.7. The van der Waals surface area contributed by atoms with Gasteiger partial charge in [-0.2, -0.15) is 0 Å². The van der Waals surface area contributed by atoms with Crippen LogP contribution in [0.3, 0.4) is 0 Å². The SMILES string of the molecule is Cc1ccc(-c2cc(Nc3ccc(N4CCN(C)CC4)nn3)c(=O)n(C)c2)c(Cl)c1NC(=O)c1cc2c(s1)C1CCC2C1. The zero-order valence-electron chi connectivity index (χ0n) is 24.5. The van der Waals surface area contributed by atoms with E-state index in [1.807, 2.05) is 31.2 Å². The zero-order chi connectivity index (χ0) is 29.8. The van der Waals surface area contributed by atoms with Gasteiger partial charge >= 0.3 is 0 Å². The monoisotopic (exact) mass is 615 g/mol. The minimum atomic E-state index is -0.204. The standard InChI is InChI=1S/C32H34ClN7O2S/c1-18-4-7-22(28(33)29(18)35-31(41)25-16-23-19-5-6-20(14-19)30(23)43-25)21-15-24(32(42)39(3)17-21)34-26-8-9-27(37-36-26)40-12-10-38(2)11-13-40/h4,7-9,15-17,19-20H,5-6,10-14H2,1-3H3,(H,34,36)(H,35,41). The molecule has 1 saturated carbocycles. The highest BCUT2D eigenvalue weighted by Gasteiger charge is 2.39. The minimum absolute atomic E-state index is 0.137. The molecule has 2 aliphatic carbocycles. The quantitative estimate of drug-likeness (QED) is 0.276. The normalized spacial score (nSPS) is 19.5. The fraction of sp³-hybridized carbons (Fsp3) is 0.375. The number of likely N-dealkylation sites (N-methyl/N-ethyl adjacent to an activating group) is 1. The van der Waals surface area contributed by atoms with Gasteiger partial charge in [-0.25, -0.2) is 0 Å². The predicted molar refractivity (Wildman–Crippen MR) is 173 cm³/mol. The maximum absolute atomic E-state index is 13.4. The highest BCUT2D eigenvalue weighted by atomic mass is 35.5. The van der Waals surface area contributed by atoms with Gasteiger partial charge in [-0.15, -0.1) is 21.5 Å². The van der Waals surface area contributed by atoms with Crippen molar-refractivity contribution in [2.24, 2.45) is 7.05 Å². The van der Waals surface area contributed by atoms with Crippen LogP contribution in [-0.2, 0) is 7.05 Å². The number of thiophene rings is 1. The molecule has 1 saturated heterocycles. The van der Waals surface area contributed by atoms with E-state index in [0.29, 0.717) is 39.6 Å². The van der Waals surface area contributed by atoms with Crippen LogP contribution in [0.15, 0.2) is 47.4 Å². The molecular weight excluding hydrogens is 582 g/mol. The Kier molecular flexibility index (Phi) is 7.23. The molecule has 7 rings (SSSR count). The van der Waals surface area contributed by atoms with E-state index in [0.717, 1.165) is 48.0 Å². The Balaban J connectivity index is 1.13. The number of pyridine rings is 1. The number of carbonyl (C=O) groups excluding carboxylic acids is 1. The average molecular weight is 616 g/mol. The third kappa shape index (κ3) is 5.21. The highest BCUT2D eigenvalue weighted by molar-refractivity contribution is 7.14. The maximum atomic E-state index is 13.4. The van der Waals surface area contributed by atoms with E-state index in [9.17, 15) is 9.59 Å². The van der Waals surface area contributed by atoms with Gasteiger partial charge in [0.2, 0.25) is 0 Å². The summed E-state index contributed by atoms with van der Waals surface area (Å²) in [7, 11) is 3.82. The summed E-state index contributed by atoms with van der Waals surface area (Å²) in [5, 5.41) is 15.4. The number of hydrogen-bond donors (Lipinski definition) is 2. The first-order valence-electron chi connectivity index (χ1n) is 14.7. The summed E-state index contributed by atoms with van der Waals surface area (Å²) in [6.07, 6.45) is 5.45. The van der Waals surface area contributed by atoms with Gasteiger partial charge in [0.05, 0.1) is 15.6 Å². The second kappa shape index (κ2) is 11.1. The van der Waals surface area contributed by atoms with Crippen LogP contribution in [0.4, 0.5) is 23.0 Å². The average Bonchev–Trinajstić information content (AvgIpc) is 3.73. The number of aryl methyl sites for hydroxylation is 2. The number of nitrogens with one attached hydrogen (secondary N) is 2. The fourth-order valence-electron chi connectivity index (χ4n) is 6.58. The van der Waals surface area contributed by atoms with Gasteiger partial charge in [0.15, 0.2) is 11.6 Å². The molecule has 9 nitrogen and oxygen atoms in total. The second-order valence-electron chi connectivity index (χ2n) is 12.0. The second-order valence-corrected chi connectivity index (χ2v) is 13.4. The Labute approximate surface area is 259 Å². The van der Waals surface area contributed by atoms with E-state index in [1.165, 1.54) is 34.3 Å². The molecule has 3 aromatic heterocycles. The van der Waals surface area contributed by atoms with Crippen molar-refractivity contribution in [2.45, 2.75) is 38.0 Å². The van der Waals surface area contributed by atoms with Crippen LogP contribution >= 0.6 is 22.9 Å². The molecule has 4 heterocycles. The number of amides is 1. The molecule has 2 bridgehead atoms. The summed E-state index contributed by atoms with van der Waals surface area (Å²) >= 11 is 8.59. The van der Waals surface area contributed by atoms with Crippen LogP contribution in [0.5, 0.6) is 0 Å². The van der Waals surface area contributed by atoms with Gasteiger partial charge in [-0.3, -0.25) is 9.59 Å². The van der Waals surface area contributed by atoms with E-state index in [1.54, 1.807) is 30.6 Å². The van der Waals surface area contributed by atoms with E-state index in [-0.39, 0.29) is 11.5 Å². The number of piperazine rings is 1. The molecule has 1 amide bonds. The first-order valence-corrected chi connectivity index (χ1v) is 15.9. The van der Waals surface area contributed by atoms with Crippen molar-refractivity contribution in [1.82, 2.24) is 19.7 Å². The topological polar surface area (TPSA) is 95.4 Å². The molecule has 0 radical (unpaired) electrons. The lowest BCUT2D eigenvalue weighted by Gasteiger charge is -2.32. The van der Waals surface area contributed by atoms with Crippen LogP contribution in [0.1, 0.15) is 56.8 Å². The Morgan fingerprint density at radius 3 is 2.56 bits per heavy atom. The molecule has 11 heteroatoms. The van der Waals surface area contributed by atoms with Gasteiger partial charge < -0.3 is 25.0 Å². The van der Waals surface area contributed by atoms with Crippen molar-refractivity contribution in [3.63, 3.8) is 0 Å². The van der Waals surface area contributed by atoms with Crippen molar-refractivity contribution in [3.05, 3.63) is 78.9 Å². The van der Waals surface area contributed by atoms with E-state index >= 15 is 0 Å². The first kappa shape index (κ1) is 28.1. The summed E-state index contributed by atoms with van der Waals surface area (Å²) in [6.45, 7) is 5.69. The lowest BCUT2D eigenvalue weighted by Crippen LogP contribution is -2.44. The predicted octanol–water partition coefficient (Wildman–Crippen LogP) is 5.98. The summed E-state index contributed by atoms with van der Waals surface area (Å²) in [5.74, 6) is 2.39. The van der Waals surface area contributed by atoms with E-state index < -0.39 is 0 Å². The molecule has 3 aliphatic rings. The fourth-order valence-corrected chi connectivity index (χ4v) is 8.24. The number of benzene rings is 1. The van der Waals surface area contributed by atoms with Gasteiger partial charge in [0.1, 0.15) is 5.69 Å². The zero-order valence-corrected chi connectivity index (χ0v) is 26.1. The molecule has 4 aromatic rings. The van der Waals surface area contributed by atoms with Crippen LogP contribution in [0.2, 0.25) is 5.02 Å². The van der Waals surface area contributed by atoms with Gasteiger partial charge in [0.25, 0.3) is 11.5 Å². The van der Waals surface area contributed by atoms with Crippen LogP contribution in [0.25, 0.3) is 11.1 Å². The highest BCUT2D eigenvalue weighted by Crippen LogP contribution is 2.56. The molecule has 222 valence electrons. The van der Waals surface area contributed by atoms with Crippen LogP contribution in [-0.4, -0.2) is 58.8 Å². The van der Waals surface area contributed by atoms with Gasteiger partial charge in [-0.1, -0.05) is 23.7 Å². The Morgan fingerprint density at radius 1 is 1.02 bits per heavy atom. The minimum Gasteiger partial charge on any atom is -0.353 e. The maximum Gasteiger partial charge on any atom is 0.274 e. The van der Waals surface area contributed by atoms with Crippen molar-refractivity contribution >= 4 is 51.9 Å². The molecule has 2 fully saturated rings. The van der Waals surface area contributed by atoms with Gasteiger partial charge in [-0.05, 0) is 80.5 Å². The lowest BCUT2D eigenvalue weighted by atomic mass is 9.99.